The second kappa shape index (κ2) is 7.32. The Labute approximate surface area is 96.7 Å². The van der Waals surface area contributed by atoms with Gasteiger partial charge in [-0.25, -0.2) is 5.84 Å². The summed E-state index contributed by atoms with van der Waals surface area (Å²) in [6.07, 6.45) is 0. The Morgan fingerprint density at radius 1 is 1.31 bits per heavy atom. The molecule has 0 saturated carbocycles. The summed E-state index contributed by atoms with van der Waals surface area (Å²) in [5, 5.41) is 3.98. The number of nitrogens with zero attached hydrogens (tertiary/aromatic N) is 2. The number of hydrazine groups is 1. The molecule has 0 aliphatic rings. The van der Waals surface area contributed by atoms with E-state index in [0.717, 1.165) is 0 Å². The Morgan fingerprint density at radius 2 is 1.88 bits per heavy atom. The maximum atomic E-state index is 11.5. The van der Waals surface area contributed by atoms with Crippen LogP contribution in [0.5, 0.6) is 0 Å². The summed E-state index contributed by atoms with van der Waals surface area (Å²) < 4.78 is 0. The van der Waals surface area contributed by atoms with E-state index in [0.29, 0.717) is 13.1 Å². The van der Waals surface area contributed by atoms with Crippen LogP contribution in [0.15, 0.2) is 0 Å². The van der Waals surface area contributed by atoms with Gasteiger partial charge < -0.3 is 4.90 Å². The Balaban J connectivity index is 3.83. The van der Waals surface area contributed by atoms with E-state index < -0.39 is 0 Å². The zero-order chi connectivity index (χ0) is 12.7. The normalized spacial score (nSPS) is 12.6. The van der Waals surface area contributed by atoms with Crippen LogP contribution in [0.1, 0.15) is 13.8 Å². The van der Waals surface area contributed by atoms with Crippen LogP contribution < -0.4 is 11.2 Å². The van der Waals surface area contributed by atoms with Crippen LogP contribution in [-0.2, 0) is 9.59 Å². The van der Waals surface area contributed by atoms with Gasteiger partial charge in [-0.15, -0.1) is 0 Å². The second-order valence-corrected chi connectivity index (χ2v) is 4.10. The lowest BCUT2D eigenvalue weighted by molar-refractivity contribution is -0.131. The van der Waals surface area contributed by atoms with E-state index in [9.17, 15) is 9.59 Å². The molecule has 1 amide bonds. The van der Waals surface area contributed by atoms with Gasteiger partial charge in [-0.3, -0.25) is 19.9 Å². The average molecular weight is 230 g/mol. The molecule has 0 aliphatic heterocycles. The Bertz CT molecular complexity index is 243. The summed E-state index contributed by atoms with van der Waals surface area (Å²) in [5.41, 5.74) is 0. The second-order valence-electron chi connectivity index (χ2n) is 4.10. The summed E-state index contributed by atoms with van der Waals surface area (Å²) in [4.78, 5) is 24.4. The van der Waals surface area contributed by atoms with Gasteiger partial charge in [0.25, 0.3) is 0 Å². The monoisotopic (exact) mass is 230 g/mol. The van der Waals surface area contributed by atoms with Crippen molar-refractivity contribution >= 4 is 11.7 Å². The van der Waals surface area contributed by atoms with Gasteiger partial charge in [0.05, 0.1) is 12.6 Å². The van der Waals surface area contributed by atoms with Crippen LogP contribution in [0.25, 0.3) is 0 Å². The van der Waals surface area contributed by atoms with Crippen molar-refractivity contribution in [2.24, 2.45) is 5.84 Å². The molecule has 1 atom stereocenters. The van der Waals surface area contributed by atoms with Crippen molar-refractivity contribution in [2.75, 3.05) is 33.7 Å². The lowest BCUT2D eigenvalue weighted by atomic mass is 10.2. The van der Waals surface area contributed by atoms with Crippen molar-refractivity contribution in [3.05, 3.63) is 0 Å². The number of carbonyl (C=O) groups is 2. The zero-order valence-corrected chi connectivity index (χ0v) is 10.5. The van der Waals surface area contributed by atoms with Gasteiger partial charge in [0, 0.05) is 13.1 Å². The first-order chi connectivity index (χ1) is 7.34. The fraction of sp³-hybridized carbons (Fsp3) is 0.800. The number of nitrogens with two attached hydrogens (primary N) is 1. The Morgan fingerprint density at radius 3 is 2.31 bits per heavy atom. The first-order valence-corrected chi connectivity index (χ1v) is 5.28. The molecule has 0 spiro atoms. The molecule has 0 aliphatic carbocycles. The fourth-order valence-corrected chi connectivity index (χ4v) is 0.918. The number of ketones is 1. The maximum Gasteiger partial charge on any atom is 0.250 e. The highest BCUT2D eigenvalue weighted by molar-refractivity contribution is 5.82. The van der Waals surface area contributed by atoms with Crippen LogP contribution in [0.2, 0.25) is 0 Å². The molecule has 3 N–H and O–H groups in total. The largest absolute Gasteiger partial charge is 0.308 e. The van der Waals surface area contributed by atoms with Crippen LogP contribution >= 0.6 is 0 Å². The van der Waals surface area contributed by atoms with E-state index >= 15 is 0 Å². The van der Waals surface area contributed by atoms with Crippen molar-refractivity contribution in [1.82, 2.24) is 15.2 Å². The van der Waals surface area contributed by atoms with E-state index in [4.69, 9.17) is 5.84 Å². The predicted octanol–water partition coefficient (Wildman–Crippen LogP) is -1.18. The molecule has 6 heteroatoms. The van der Waals surface area contributed by atoms with Crippen molar-refractivity contribution < 1.29 is 9.59 Å². The molecule has 0 fully saturated rings. The molecule has 0 unspecified atom stereocenters. The number of likely N-dealkylation sites (N-methyl/N-ethyl adjacent to an activating group) is 1. The van der Waals surface area contributed by atoms with E-state index in [1.54, 1.807) is 6.92 Å². The minimum atomic E-state index is -0.314. The van der Waals surface area contributed by atoms with Gasteiger partial charge in [0.2, 0.25) is 5.91 Å². The molecule has 0 aromatic carbocycles. The molecule has 16 heavy (non-hydrogen) atoms. The molecule has 0 bridgehead atoms. The summed E-state index contributed by atoms with van der Waals surface area (Å²) in [6.45, 7) is 4.47. The Kier molecular flexibility index (Phi) is 6.87. The third-order valence-corrected chi connectivity index (χ3v) is 2.28. The van der Waals surface area contributed by atoms with E-state index in [2.05, 4.69) is 5.32 Å². The maximum absolute atomic E-state index is 11.5. The molecule has 94 valence electrons. The van der Waals surface area contributed by atoms with Crippen LogP contribution in [0, 0.1) is 0 Å². The topological polar surface area (TPSA) is 78.7 Å². The van der Waals surface area contributed by atoms with Gasteiger partial charge in [-0.1, -0.05) is 0 Å². The number of rotatable bonds is 7. The summed E-state index contributed by atoms with van der Waals surface area (Å²) >= 11 is 0. The number of carbonyl (C=O) groups excluding carboxylic acids is 2. The van der Waals surface area contributed by atoms with Crippen molar-refractivity contribution in [3.63, 3.8) is 0 Å². The SMILES string of the molecule is CC(=O)[C@H](C)NCC(=O)N(N)CCN(C)C. The van der Waals surface area contributed by atoms with Gasteiger partial charge in [-0.2, -0.15) is 0 Å². The van der Waals surface area contributed by atoms with Gasteiger partial charge in [-0.05, 0) is 27.9 Å². The number of amides is 1. The minimum absolute atomic E-state index is 0.00432. The molecule has 0 aromatic rings. The van der Waals surface area contributed by atoms with Gasteiger partial charge in [0.1, 0.15) is 5.78 Å². The number of nitrogens with one attached hydrogen (secondary N) is 1. The van der Waals surface area contributed by atoms with Crippen LogP contribution in [-0.4, -0.2) is 61.4 Å². The lowest BCUT2D eigenvalue weighted by Gasteiger charge is -2.20. The van der Waals surface area contributed by atoms with E-state index in [1.165, 1.54) is 11.9 Å². The molecule has 0 saturated heterocycles. The minimum Gasteiger partial charge on any atom is -0.308 e. The highest BCUT2D eigenvalue weighted by Crippen LogP contribution is 1.86. The lowest BCUT2D eigenvalue weighted by Crippen LogP contribution is -2.47. The highest BCUT2D eigenvalue weighted by atomic mass is 16.2. The average Bonchev–Trinajstić information content (AvgIpc) is 2.21. The molecule has 6 nitrogen and oxygen atoms in total. The predicted molar refractivity (Wildman–Crippen MR) is 62.6 cm³/mol. The van der Waals surface area contributed by atoms with Crippen molar-refractivity contribution in [3.8, 4) is 0 Å². The summed E-state index contributed by atoms with van der Waals surface area (Å²) in [5.74, 6) is 5.35. The van der Waals surface area contributed by atoms with Gasteiger partial charge in [0.15, 0.2) is 0 Å². The third kappa shape index (κ3) is 6.49. The highest BCUT2D eigenvalue weighted by Gasteiger charge is 2.12. The smallest absolute Gasteiger partial charge is 0.250 e. The number of hydrogen-bond donors (Lipinski definition) is 2. The quantitative estimate of drug-likeness (QED) is 0.327. The molecular formula is C10H22N4O2. The van der Waals surface area contributed by atoms with Crippen molar-refractivity contribution in [2.45, 2.75) is 19.9 Å². The third-order valence-electron chi connectivity index (χ3n) is 2.28. The van der Waals surface area contributed by atoms with Crippen molar-refractivity contribution in [1.29, 1.82) is 0 Å². The summed E-state index contributed by atoms with van der Waals surface area (Å²) in [6, 6.07) is -0.314. The molecule has 0 rings (SSSR count). The first kappa shape index (κ1) is 15.0. The standard InChI is InChI=1S/C10H22N4O2/c1-8(9(2)15)12-7-10(16)14(11)6-5-13(3)4/h8,12H,5-7,11H2,1-4H3/t8-/m0/s1. The first-order valence-electron chi connectivity index (χ1n) is 5.28. The molecule has 0 radical (unpaired) electrons. The summed E-state index contributed by atoms with van der Waals surface area (Å²) in [7, 11) is 3.82. The Hall–Kier alpha value is -0.980. The molecule has 0 heterocycles. The fourth-order valence-electron chi connectivity index (χ4n) is 0.918. The molecule has 0 aromatic heterocycles. The van der Waals surface area contributed by atoms with Crippen LogP contribution in [0.3, 0.4) is 0 Å². The van der Waals surface area contributed by atoms with E-state index in [-0.39, 0.29) is 24.3 Å². The number of Topliss-reactive ketones (excluding diaryl/α,β-unsaturated/α-hetero) is 1. The van der Waals surface area contributed by atoms with Crippen LogP contribution in [0.4, 0.5) is 0 Å². The van der Waals surface area contributed by atoms with E-state index in [1.807, 2.05) is 19.0 Å². The number of hydrogen-bond acceptors (Lipinski definition) is 5. The van der Waals surface area contributed by atoms with Gasteiger partial charge >= 0.3 is 0 Å². The molecular weight excluding hydrogens is 208 g/mol. The zero-order valence-electron chi connectivity index (χ0n) is 10.5.